The zero-order valence-electron chi connectivity index (χ0n) is 29.8. The van der Waals surface area contributed by atoms with Gasteiger partial charge in [0.1, 0.15) is 34.3 Å². The molecule has 0 atom stereocenters. The number of esters is 1. The van der Waals surface area contributed by atoms with Crippen LogP contribution >= 0.6 is 23.2 Å². The van der Waals surface area contributed by atoms with Gasteiger partial charge in [0.2, 0.25) is 0 Å². The van der Waals surface area contributed by atoms with E-state index in [2.05, 4.69) is 0 Å². The fourth-order valence-electron chi connectivity index (χ4n) is 6.58. The molecule has 8 rings (SSSR count). The predicted molar refractivity (Wildman–Crippen MR) is 215 cm³/mol. The van der Waals surface area contributed by atoms with Crippen molar-refractivity contribution in [2.45, 2.75) is 19.8 Å². The van der Waals surface area contributed by atoms with E-state index in [4.69, 9.17) is 36.8 Å². The number of hydrogen-bond donors (Lipinski definition) is 1. The zero-order chi connectivity index (χ0) is 39.3. The molecule has 0 bridgehead atoms. The summed E-state index contributed by atoms with van der Waals surface area (Å²) in [7, 11) is 0. The van der Waals surface area contributed by atoms with Gasteiger partial charge in [-0.3, -0.25) is 0 Å². The van der Waals surface area contributed by atoms with Crippen LogP contribution in [0.15, 0.2) is 142 Å². The van der Waals surface area contributed by atoms with Gasteiger partial charge >= 0.3 is 11.9 Å². The number of aromatic carboxylic acids is 1. The van der Waals surface area contributed by atoms with Crippen molar-refractivity contribution in [3.8, 4) is 22.3 Å². The summed E-state index contributed by atoms with van der Waals surface area (Å²) >= 11 is 11.9. The minimum atomic E-state index is -0.972. The molecule has 56 heavy (non-hydrogen) atoms. The van der Waals surface area contributed by atoms with E-state index in [9.17, 15) is 23.5 Å². The van der Waals surface area contributed by atoms with Crippen molar-refractivity contribution in [3.05, 3.63) is 189 Å². The molecule has 0 saturated carbocycles. The van der Waals surface area contributed by atoms with Gasteiger partial charge in [-0.1, -0.05) is 71.7 Å². The summed E-state index contributed by atoms with van der Waals surface area (Å²) < 4.78 is 44.2. The number of carbonyl (C=O) groups is 2. The van der Waals surface area contributed by atoms with Crippen LogP contribution in [0.5, 0.6) is 0 Å². The maximum atomic E-state index is 13.6. The number of benzene rings is 6. The Hall–Kier alpha value is -6.22. The number of carboxylic acids is 1. The smallest absolute Gasteiger partial charge is 0.338 e. The van der Waals surface area contributed by atoms with Crippen LogP contribution < -0.4 is 0 Å². The molecule has 0 aliphatic heterocycles. The van der Waals surface area contributed by atoms with Crippen molar-refractivity contribution in [1.82, 2.24) is 0 Å². The molecule has 1 N–H and O–H groups in total. The number of hydrogen-bond acceptors (Lipinski definition) is 5. The normalized spacial score (nSPS) is 11.0. The first-order valence-electron chi connectivity index (χ1n) is 17.6. The standard InChI is InChI=1S/C24H18ClFO3.C22H14ClFO3/c1-2-28-24(27)17-6-3-5-16(12-17)21-7-4-8-23-22(21)14-20(29-23)11-15-9-18(25)13-19(26)10-15;23-16-7-13(8-17(24)11-16)9-18-12-20-19(5-2-6-21(20)27-18)14-3-1-4-15(10-14)22(25)26/h3-10,12-14H,2,11H2,1H3;1-8,10-12H,9H2,(H,25,26). The lowest BCUT2D eigenvalue weighted by Crippen LogP contribution is -2.04. The van der Waals surface area contributed by atoms with Crippen LogP contribution in [0.25, 0.3) is 44.2 Å². The van der Waals surface area contributed by atoms with Gasteiger partial charge in [-0.2, -0.15) is 0 Å². The topological polar surface area (TPSA) is 89.9 Å². The van der Waals surface area contributed by atoms with Crippen LogP contribution in [-0.4, -0.2) is 23.7 Å². The highest BCUT2D eigenvalue weighted by Crippen LogP contribution is 2.34. The second-order valence-corrected chi connectivity index (χ2v) is 13.8. The van der Waals surface area contributed by atoms with Gasteiger partial charge in [0.25, 0.3) is 0 Å². The number of halogens is 4. The van der Waals surface area contributed by atoms with Crippen molar-refractivity contribution < 1.29 is 37.0 Å². The second-order valence-electron chi connectivity index (χ2n) is 13.0. The fourth-order valence-corrected chi connectivity index (χ4v) is 7.07. The molecular formula is C46H32Cl2F2O6. The number of ether oxygens (including phenoxy) is 1. The molecule has 0 radical (unpaired) electrons. The molecule has 0 fully saturated rings. The van der Waals surface area contributed by atoms with E-state index in [1.54, 1.807) is 43.3 Å². The molecule has 8 aromatic rings. The Balaban J connectivity index is 0.000000172. The van der Waals surface area contributed by atoms with Gasteiger partial charge in [0.05, 0.1) is 17.7 Å². The molecule has 6 aromatic carbocycles. The van der Waals surface area contributed by atoms with Gasteiger partial charge in [-0.05, 0) is 125 Å². The van der Waals surface area contributed by atoms with Crippen molar-refractivity contribution in [2.24, 2.45) is 0 Å². The highest BCUT2D eigenvalue weighted by Gasteiger charge is 2.15. The van der Waals surface area contributed by atoms with Crippen LogP contribution in [0.4, 0.5) is 8.78 Å². The van der Waals surface area contributed by atoms with E-state index in [1.165, 1.54) is 24.3 Å². The molecule has 2 aromatic heterocycles. The SMILES string of the molecule is CCOC(=O)c1cccc(-c2cccc3oc(Cc4cc(F)cc(Cl)c4)cc23)c1.O=C(O)c1cccc(-c2cccc3oc(Cc4cc(F)cc(Cl)c4)cc23)c1. The zero-order valence-corrected chi connectivity index (χ0v) is 31.3. The summed E-state index contributed by atoms with van der Waals surface area (Å²) in [6, 6.07) is 38.2. The summed E-state index contributed by atoms with van der Waals surface area (Å²) in [6.45, 7) is 2.11. The molecular weight excluding hydrogens is 757 g/mol. The molecule has 280 valence electrons. The van der Waals surface area contributed by atoms with Crippen LogP contribution in [0.3, 0.4) is 0 Å². The molecule has 2 heterocycles. The van der Waals surface area contributed by atoms with E-state index in [-0.39, 0.29) is 23.2 Å². The number of fused-ring (bicyclic) bond motifs is 2. The van der Waals surface area contributed by atoms with E-state index >= 15 is 0 Å². The third kappa shape index (κ3) is 8.84. The molecule has 0 aliphatic rings. The molecule has 6 nitrogen and oxygen atoms in total. The first-order valence-corrected chi connectivity index (χ1v) is 18.3. The minimum absolute atomic E-state index is 0.225. The third-order valence-electron chi connectivity index (χ3n) is 8.93. The monoisotopic (exact) mass is 788 g/mol. The number of furan rings is 2. The first-order chi connectivity index (χ1) is 27.0. The largest absolute Gasteiger partial charge is 0.478 e. The molecule has 0 spiro atoms. The molecule has 0 aliphatic carbocycles. The Kier molecular flexibility index (Phi) is 11.3. The highest BCUT2D eigenvalue weighted by atomic mass is 35.5. The van der Waals surface area contributed by atoms with E-state index in [0.29, 0.717) is 57.7 Å². The van der Waals surface area contributed by atoms with Gasteiger partial charge in [-0.15, -0.1) is 0 Å². The van der Waals surface area contributed by atoms with Gasteiger partial charge in [-0.25, -0.2) is 18.4 Å². The number of carboxylic acid groups (broad SMARTS) is 1. The van der Waals surface area contributed by atoms with Crippen LogP contribution in [0.1, 0.15) is 50.3 Å². The van der Waals surface area contributed by atoms with Crippen LogP contribution in [-0.2, 0) is 17.6 Å². The Morgan fingerprint density at radius 3 is 1.54 bits per heavy atom. The Morgan fingerprint density at radius 1 is 0.607 bits per heavy atom. The Morgan fingerprint density at radius 2 is 1.07 bits per heavy atom. The van der Waals surface area contributed by atoms with Gasteiger partial charge < -0.3 is 18.7 Å². The predicted octanol–water partition coefficient (Wildman–Crippen LogP) is 12.8. The molecule has 10 heteroatoms. The van der Waals surface area contributed by atoms with Crippen molar-refractivity contribution in [3.63, 3.8) is 0 Å². The summed E-state index contributed by atoms with van der Waals surface area (Å²) in [5, 5.41) is 11.7. The maximum absolute atomic E-state index is 13.6. The first kappa shape index (κ1) is 38.1. The fraction of sp³-hybridized carbons (Fsp3) is 0.0870. The highest BCUT2D eigenvalue weighted by molar-refractivity contribution is 6.31. The molecule has 0 saturated heterocycles. The van der Waals surface area contributed by atoms with Gasteiger partial charge in [0.15, 0.2) is 0 Å². The average molecular weight is 790 g/mol. The number of carbonyl (C=O) groups excluding carboxylic acids is 1. The van der Waals surface area contributed by atoms with Crippen molar-refractivity contribution in [2.75, 3.05) is 6.61 Å². The van der Waals surface area contributed by atoms with E-state index < -0.39 is 5.97 Å². The minimum Gasteiger partial charge on any atom is -0.478 e. The second kappa shape index (κ2) is 16.7. The lowest BCUT2D eigenvalue weighted by Gasteiger charge is -2.06. The quantitative estimate of drug-likeness (QED) is 0.147. The third-order valence-corrected chi connectivity index (χ3v) is 9.37. The summed E-state index contributed by atoms with van der Waals surface area (Å²) in [4.78, 5) is 23.3. The Bertz CT molecular complexity index is 2690. The lowest BCUT2D eigenvalue weighted by atomic mass is 9.99. The van der Waals surface area contributed by atoms with E-state index in [0.717, 1.165) is 44.2 Å². The van der Waals surface area contributed by atoms with Crippen LogP contribution in [0.2, 0.25) is 10.0 Å². The van der Waals surface area contributed by atoms with E-state index in [1.807, 2.05) is 72.8 Å². The summed E-state index contributed by atoms with van der Waals surface area (Å²) in [6.07, 6.45) is 0.829. The molecule has 0 unspecified atom stereocenters. The van der Waals surface area contributed by atoms with Crippen molar-refractivity contribution in [1.29, 1.82) is 0 Å². The summed E-state index contributed by atoms with van der Waals surface area (Å²) in [5.41, 5.74) is 7.09. The molecule has 0 amide bonds. The summed E-state index contributed by atoms with van der Waals surface area (Å²) in [5.74, 6) is -0.707. The maximum Gasteiger partial charge on any atom is 0.338 e. The lowest BCUT2D eigenvalue weighted by molar-refractivity contribution is 0.0525. The van der Waals surface area contributed by atoms with Crippen LogP contribution in [0, 0.1) is 11.6 Å². The van der Waals surface area contributed by atoms with Crippen molar-refractivity contribution >= 4 is 57.1 Å². The number of rotatable bonds is 9. The Labute approximate surface area is 330 Å². The van der Waals surface area contributed by atoms with Gasteiger partial charge in [0, 0.05) is 33.7 Å². The average Bonchev–Trinajstić information content (AvgIpc) is 3.77.